The molecule has 21 heavy (non-hydrogen) atoms. The predicted molar refractivity (Wildman–Crippen MR) is 89.2 cm³/mol. The van der Waals surface area contributed by atoms with Crippen LogP contribution in [0.5, 0.6) is 0 Å². The van der Waals surface area contributed by atoms with E-state index in [-0.39, 0.29) is 6.61 Å². The minimum absolute atomic E-state index is 0.0697. The number of benzene rings is 3. The van der Waals surface area contributed by atoms with Crippen LogP contribution in [0.3, 0.4) is 0 Å². The van der Waals surface area contributed by atoms with Gasteiger partial charge in [-0.05, 0) is 58.5 Å². The van der Waals surface area contributed by atoms with E-state index in [0.29, 0.717) is 0 Å². The first kappa shape index (κ1) is 14.1. The van der Waals surface area contributed by atoms with Crippen molar-refractivity contribution in [3.8, 4) is 0 Å². The summed E-state index contributed by atoms with van der Waals surface area (Å²) in [5.74, 6) is 0. The standard InChI is InChI=1S/C20H21O/c21-13-6-2-1-3-8-16-11-7-12-19-14-17-9-4-5-10-18(17)15-20(16)19/h4-5,7,9-12,14-15H,1-3,6,8,13H2. The van der Waals surface area contributed by atoms with Crippen molar-refractivity contribution in [1.29, 1.82) is 0 Å². The van der Waals surface area contributed by atoms with Gasteiger partial charge in [0.1, 0.15) is 0 Å². The number of rotatable bonds is 6. The molecule has 0 unspecified atom stereocenters. The van der Waals surface area contributed by atoms with Crippen LogP contribution in [0, 0.1) is 0 Å². The average Bonchev–Trinajstić information content (AvgIpc) is 2.53. The molecule has 107 valence electrons. The van der Waals surface area contributed by atoms with Crippen molar-refractivity contribution >= 4 is 21.5 Å². The molecule has 0 aliphatic rings. The lowest BCUT2D eigenvalue weighted by Crippen LogP contribution is -1.89. The summed E-state index contributed by atoms with van der Waals surface area (Å²) in [6.07, 6.45) is 5.32. The fraction of sp³-hybridized carbons (Fsp3) is 0.300. The minimum atomic E-state index is 0.0697. The summed E-state index contributed by atoms with van der Waals surface area (Å²) >= 11 is 0. The van der Waals surface area contributed by atoms with Crippen molar-refractivity contribution in [2.24, 2.45) is 0 Å². The first-order chi connectivity index (χ1) is 10.4. The lowest BCUT2D eigenvalue weighted by atomic mass is 9.96. The number of aryl methyl sites for hydroxylation is 1. The molecule has 0 saturated carbocycles. The van der Waals surface area contributed by atoms with E-state index in [1.54, 1.807) is 0 Å². The second-order valence-corrected chi connectivity index (χ2v) is 5.71. The monoisotopic (exact) mass is 277 g/mol. The Morgan fingerprint density at radius 3 is 2.19 bits per heavy atom. The van der Waals surface area contributed by atoms with Crippen LogP contribution in [-0.4, -0.2) is 6.61 Å². The van der Waals surface area contributed by atoms with Gasteiger partial charge in [0, 0.05) is 0 Å². The van der Waals surface area contributed by atoms with Crippen LogP contribution >= 0.6 is 0 Å². The Hall–Kier alpha value is -1.86. The Balaban J connectivity index is 1.86. The van der Waals surface area contributed by atoms with Gasteiger partial charge in [0.05, 0.1) is 6.61 Å². The third-order valence-corrected chi connectivity index (χ3v) is 4.18. The third kappa shape index (κ3) is 3.25. The Morgan fingerprint density at radius 2 is 1.38 bits per heavy atom. The van der Waals surface area contributed by atoms with E-state index in [4.69, 9.17) is 0 Å². The SMILES string of the molecule is [O]CCCCCCc1cccc2cc3ccccc3cc12. The summed E-state index contributed by atoms with van der Waals surface area (Å²) in [6.45, 7) is 0.0697. The molecule has 0 aliphatic heterocycles. The molecule has 0 fully saturated rings. The summed E-state index contributed by atoms with van der Waals surface area (Å²) < 4.78 is 0. The molecule has 0 heterocycles. The van der Waals surface area contributed by atoms with Gasteiger partial charge in [-0.15, -0.1) is 0 Å². The molecule has 0 aliphatic carbocycles. The van der Waals surface area contributed by atoms with Crippen LogP contribution in [-0.2, 0) is 11.5 Å². The highest BCUT2D eigenvalue weighted by Crippen LogP contribution is 2.26. The number of hydrogen-bond donors (Lipinski definition) is 0. The summed E-state index contributed by atoms with van der Waals surface area (Å²) in [4.78, 5) is 0. The molecule has 3 rings (SSSR count). The van der Waals surface area contributed by atoms with E-state index in [2.05, 4.69) is 54.6 Å². The molecule has 0 amide bonds. The number of unbranched alkanes of at least 4 members (excludes halogenated alkanes) is 3. The maximum Gasteiger partial charge on any atom is 0.0822 e. The maximum absolute atomic E-state index is 10.5. The van der Waals surface area contributed by atoms with Crippen LogP contribution in [0.15, 0.2) is 54.6 Å². The largest absolute Gasteiger partial charge is 0.237 e. The van der Waals surface area contributed by atoms with Crippen LogP contribution in [0.1, 0.15) is 31.2 Å². The summed E-state index contributed by atoms with van der Waals surface area (Å²) in [5, 5.41) is 15.8. The topological polar surface area (TPSA) is 19.9 Å². The highest BCUT2D eigenvalue weighted by atomic mass is 16.2. The minimum Gasteiger partial charge on any atom is -0.237 e. The normalized spacial score (nSPS) is 11.3. The molecule has 1 heteroatoms. The first-order valence-corrected chi connectivity index (χ1v) is 7.87. The van der Waals surface area contributed by atoms with Crippen molar-refractivity contribution in [2.45, 2.75) is 32.1 Å². The number of hydrogen-bond acceptors (Lipinski definition) is 0. The second-order valence-electron chi connectivity index (χ2n) is 5.71. The van der Waals surface area contributed by atoms with Gasteiger partial charge in [-0.2, -0.15) is 0 Å². The molecule has 3 aromatic carbocycles. The molecule has 3 aromatic rings. The lowest BCUT2D eigenvalue weighted by molar-refractivity contribution is 0.186. The summed E-state index contributed by atoms with van der Waals surface area (Å²) in [7, 11) is 0. The van der Waals surface area contributed by atoms with E-state index in [9.17, 15) is 5.11 Å². The fourth-order valence-corrected chi connectivity index (χ4v) is 3.02. The van der Waals surface area contributed by atoms with Gasteiger partial charge in [-0.1, -0.05) is 55.3 Å². The van der Waals surface area contributed by atoms with Gasteiger partial charge in [-0.25, -0.2) is 5.11 Å². The Labute approximate surface area is 126 Å². The van der Waals surface area contributed by atoms with E-state index in [0.717, 1.165) is 25.7 Å². The zero-order chi connectivity index (χ0) is 14.5. The molecule has 0 saturated heterocycles. The van der Waals surface area contributed by atoms with E-state index < -0.39 is 0 Å². The smallest absolute Gasteiger partial charge is 0.0822 e. The van der Waals surface area contributed by atoms with Gasteiger partial charge >= 0.3 is 0 Å². The first-order valence-electron chi connectivity index (χ1n) is 7.87. The highest BCUT2D eigenvalue weighted by molar-refractivity contribution is 5.99. The maximum atomic E-state index is 10.5. The molecule has 0 atom stereocenters. The molecule has 0 N–H and O–H groups in total. The van der Waals surface area contributed by atoms with E-state index >= 15 is 0 Å². The molecular weight excluding hydrogens is 256 g/mol. The summed E-state index contributed by atoms with van der Waals surface area (Å²) in [6, 6.07) is 19.7. The quantitative estimate of drug-likeness (QED) is 0.417. The Kier molecular flexibility index (Phi) is 4.52. The number of fused-ring (bicyclic) bond motifs is 2. The van der Waals surface area contributed by atoms with Crippen LogP contribution in [0.2, 0.25) is 0 Å². The fourth-order valence-electron chi connectivity index (χ4n) is 3.02. The van der Waals surface area contributed by atoms with Gasteiger partial charge in [0.15, 0.2) is 0 Å². The predicted octanol–water partition coefficient (Wildman–Crippen LogP) is 5.53. The molecule has 1 radical (unpaired) electrons. The Morgan fingerprint density at radius 1 is 0.667 bits per heavy atom. The molecule has 0 bridgehead atoms. The second kappa shape index (κ2) is 6.73. The van der Waals surface area contributed by atoms with Crippen molar-refractivity contribution in [3.63, 3.8) is 0 Å². The van der Waals surface area contributed by atoms with E-state index in [1.807, 2.05) is 0 Å². The zero-order valence-corrected chi connectivity index (χ0v) is 12.3. The van der Waals surface area contributed by atoms with Crippen LogP contribution in [0.4, 0.5) is 0 Å². The molecule has 1 nitrogen and oxygen atoms in total. The molecule has 0 aromatic heterocycles. The van der Waals surface area contributed by atoms with Crippen molar-refractivity contribution in [2.75, 3.05) is 6.61 Å². The van der Waals surface area contributed by atoms with Crippen molar-refractivity contribution in [1.82, 2.24) is 0 Å². The highest BCUT2D eigenvalue weighted by Gasteiger charge is 2.03. The molecular formula is C20H21O. The van der Waals surface area contributed by atoms with Gasteiger partial charge in [0.2, 0.25) is 0 Å². The van der Waals surface area contributed by atoms with Crippen molar-refractivity contribution < 1.29 is 5.11 Å². The lowest BCUT2D eigenvalue weighted by Gasteiger charge is -2.08. The van der Waals surface area contributed by atoms with E-state index in [1.165, 1.54) is 33.5 Å². The van der Waals surface area contributed by atoms with Gasteiger partial charge in [-0.3, -0.25) is 0 Å². The van der Waals surface area contributed by atoms with Crippen LogP contribution < -0.4 is 0 Å². The zero-order valence-electron chi connectivity index (χ0n) is 12.3. The average molecular weight is 277 g/mol. The Bertz CT molecular complexity index is 730. The van der Waals surface area contributed by atoms with Gasteiger partial charge in [0.25, 0.3) is 0 Å². The summed E-state index contributed by atoms with van der Waals surface area (Å²) in [5.41, 5.74) is 1.43. The van der Waals surface area contributed by atoms with Crippen molar-refractivity contribution in [3.05, 3.63) is 60.2 Å². The van der Waals surface area contributed by atoms with Crippen LogP contribution in [0.25, 0.3) is 21.5 Å². The van der Waals surface area contributed by atoms with Gasteiger partial charge < -0.3 is 0 Å². The molecule has 0 spiro atoms. The third-order valence-electron chi connectivity index (χ3n) is 4.18.